The summed E-state index contributed by atoms with van der Waals surface area (Å²) >= 11 is 12.4. The number of aryl methyl sites for hydroxylation is 1. The number of rotatable bonds is 6. The lowest BCUT2D eigenvalue weighted by atomic mass is 10.2. The van der Waals surface area contributed by atoms with Crippen molar-refractivity contribution in [2.45, 2.75) is 6.54 Å². The molecule has 1 unspecified atom stereocenters. The molecule has 0 aliphatic rings. The number of carbonyl (C=O) groups is 1. The molecule has 4 rings (SSSR count). The van der Waals surface area contributed by atoms with Crippen molar-refractivity contribution in [2.75, 3.05) is 7.11 Å². The van der Waals surface area contributed by atoms with E-state index in [1.54, 1.807) is 18.2 Å². The van der Waals surface area contributed by atoms with E-state index >= 15 is 0 Å². The fourth-order valence-electron chi connectivity index (χ4n) is 3.78. The molecular formula is C24H20Cl2N4O3P+. The SMILES string of the molecule is COP(=O)(c1cc(Cl)cc(C#N)c1)c1c(C(=O)NCc2ccc[n+](C)c2)[nH]c2ccc(Cl)cc12. The van der Waals surface area contributed by atoms with Gasteiger partial charge in [-0.3, -0.25) is 9.36 Å². The van der Waals surface area contributed by atoms with Crippen LogP contribution in [0.2, 0.25) is 10.0 Å². The monoisotopic (exact) mass is 513 g/mol. The number of H-pyrrole nitrogens is 1. The van der Waals surface area contributed by atoms with Crippen molar-refractivity contribution in [3.63, 3.8) is 0 Å². The number of aromatic nitrogens is 2. The van der Waals surface area contributed by atoms with Crippen molar-refractivity contribution < 1.29 is 18.5 Å². The van der Waals surface area contributed by atoms with E-state index in [0.29, 0.717) is 15.9 Å². The minimum atomic E-state index is -3.87. The minimum Gasteiger partial charge on any atom is -0.350 e. The summed E-state index contributed by atoms with van der Waals surface area (Å²) < 4.78 is 21.9. The van der Waals surface area contributed by atoms with Crippen LogP contribution in [0.5, 0.6) is 0 Å². The van der Waals surface area contributed by atoms with Crippen LogP contribution in [0.4, 0.5) is 0 Å². The van der Waals surface area contributed by atoms with E-state index in [9.17, 15) is 14.6 Å². The Kier molecular flexibility index (Phi) is 6.79. The third-order valence-electron chi connectivity index (χ3n) is 5.32. The number of amides is 1. The molecule has 1 amide bonds. The molecule has 34 heavy (non-hydrogen) atoms. The van der Waals surface area contributed by atoms with Gasteiger partial charge in [-0.25, -0.2) is 4.57 Å². The highest BCUT2D eigenvalue weighted by Gasteiger charge is 2.36. The topological polar surface area (TPSA) is 98.9 Å². The van der Waals surface area contributed by atoms with Gasteiger partial charge in [-0.15, -0.1) is 0 Å². The zero-order chi connectivity index (χ0) is 24.5. The fourth-order valence-corrected chi connectivity index (χ4v) is 6.49. The first kappa shape index (κ1) is 24.0. The molecule has 2 aromatic heterocycles. The maximum absolute atomic E-state index is 14.4. The predicted molar refractivity (Wildman–Crippen MR) is 132 cm³/mol. The molecule has 0 saturated carbocycles. The van der Waals surface area contributed by atoms with E-state index < -0.39 is 13.3 Å². The number of carbonyl (C=O) groups excluding carboxylic acids is 1. The first-order valence-corrected chi connectivity index (χ1v) is 12.5. The van der Waals surface area contributed by atoms with Crippen LogP contribution in [0.1, 0.15) is 21.6 Å². The second-order valence-corrected chi connectivity index (χ2v) is 10.9. The minimum absolute atomic E-state index is 0.0845. The van der Waals surface area contributed by atoms with Gasteiger partial charge in [0.15, 0.2) is 12.4 Å². The highest BCUT2D eigenvalue weighted by Crippen LogP contribution is 2.47. The predicted octanol–water partition coefficient (Wildman–Crippen LogP) is 3.98. The molecule has 2 aromatic carbocycles. The van der Waals surface area contributed by atoms with Crippen LogP contribution in [0.15, 0.2) is 60.9 Å². The van der Waals surface area contributed by atoms with Crippen molar-refractivity contribution in [3.05, 3.63) is 87.8 Å². The summed E-state index contributed by atoms with van der Waals surface area (Å²) in [6.45, 7) is 0.260. The van der Waals surface area contributed by atoms with E-state index in [0.717, 1.165) is 5.56 Å². The molecule has 4 aromatic rings. The van der Waals surface area contributed by atoms with E-state index in [1.165, 1.54) is 25.3 Å². The molecule has 1 atom stereocenters. The molecule has 0 fully saturated rings. The van der Waals surface area contributed by atoms with Crippen LogP contribution >= 0.6 is 30.6 Å². The van der Waals surface area contributed by atoms with Crippen molar-refractivity contribution >= 4 is 58.0 Å². The van der Waals surface area contributed by atoms with Crippen molar-refractivity contribution in [1.29, 1.82) is 5.26 Å². The third kappa shape index (κ3) is 4.59. The van der Waals surface area contributed by atoms with E-state index in [2.05, 4.69) is 10.3 Å². The van der Waals surface area contributed by atoms with Gasteiger partial charge in [0, 0.05) is 51.5 Å². The quantitative estimate of drug-likeness (QED) is 0.301. The number of nitrogens with zero attached hydrogens (tertiary/aromatic N) is 2. The molecule has 0 bridgehead atoms. The van der Waals surface area contributed by atoms with Crippen LogP contribution in [-0.4, -0.2) is 18.0 Å². The van der Waals surface area contributed by atoms with Crippen LogP contribution in [0.3, 0.4) is 0 Å². The maximum Gasteiger partial charge on any atom is 0.268 e. The third-order valence-corrected chi connectivity index (χ3v) is 8.28. The Bertz CT molecular complexity index is 1510. The number of pyridine rings is 1. The first-order valence-electron chi connectivity index (χ1n) is 10.2. The Morgan fingerprint density at radius 1 is 1.21 bits per heavy atom. The van der Waals surface area contributed by atoms with Gasteiger partial charge in [-0.2, -0.15) is 5.26 Å². The zero-order valence-corrected chi connectivity index (χ0v) is 20.7. The molecule has 2 heterocycles. The van der Waals surface area contributed by atoms with Crippen LogP contribution in [0, 0.1) is 11.3 Å². The van der Waals surface area contributed by atoms with Gasteiger partial charge in [0.2, 0.25) is 0 Å². The number of hydrogen-bond donors (Lipinski definition) is 2. The Balaban J connectivity index is 1.87. The Morgan fingerprint density at radius 3 is 2.71 bits per heavy atom. The summed E-state index contributed by atoms with van der Waals surface area (Å²) in [6.07, 6.45) is 3.78. The number of hydrogen-bond acceptors (Lipinski definition) is 4. The van der Waals surface area contributed by atoms with E-state index in [1.807, 2.05) is 42.2 Å². The molecule has 172 valence electrons. The summed E-state index contributed by atoms with van der Waals surface area (Å²) in [4.78, 5) is 16.4. The average molecular weight is 514 g/mol. The van der Waals surface area contributed by atoms with Gasteiger partial charge in [0.25, 0.3) is 13.3 Å². The average Bonchev–Trinajstić information content (AvgIpc) is 3.21. The summed E-state index contributed by atoms with van der Waals surface area (Å²) in [5.41, 5.74) is 1.76. The van der Waals surface area contributed by atoms with Crippen LogP contribution < -0.4 is 20.5 Å². The lowest BCUT2D eigenvalue weighted by Gasteiger charge is -2.18. The second-order valence-electron chi connectivity index (χ2n) is 7.64. The summed E-state index contributed by atoms with van der Waals surface area (Å²) in [6, 6.07) is 15.2. The lowest BCUT2D eigenvalue weighted by molar-refractivity contribution is -0.671. The van der Waals surface area contributed by atoms with Gasteiger partial charge < -0.3 is 14.8 Å². The molecule has 0 aliphatic heterocycles. The number of halogens is 2. The maximum atomic E-state index is 14.4. The molecule has 0 saturated heterocycles. The summed E-state index contributed by atoms with van der Waals surface area (Å²) in [5, 5.41) is 13.7. The lowest BCUT2D eigenvalue weighted by Crippen LogP contribution is -2.32. The van der Waals surface area contributed by atoms with Crippen molar-refractivity contribution in [2.24, 2.45) is 7.05 Å². The summed E-state index contributed by atoms with van der Waals surface area (Å²) in [5.74, 6) is -0.464. The zero-order valence-electron chi connectivity index (χ0n) is 18.3. The van der Waals surface area contributed by atoms with Crippen molar-refractivity contribution in [3.8, 4) is 6.07 Å². The Morgan fingerprint density at radius 2 is 2.00 bits per heavy atom. The Hall–Kier alpha value is -3.14. The van der Waals surface area contributed by atoms with Gasteiger partial charge >= 0.3 is 0 Å². The molecule has 10 heteroatoms. The number of fused-ring (bicyclic) bond motifs is 1. The Labute approximate surface area is 206 Å². The number of benzene rings is 2. The number of aromatic amines is 1. The van der Waals surface area contributed by atoms with Gasteiger partial charge in [0.1, 0.15) is 12.7 Å². The smallest absolute Gasteiger partial charge is 0.268 e. The highest BCUT2D eigenvalue weighted by molar-refractivity contribution is 7.75. The van der Waals surface area contributed by atoms with Crippen LogP contribution in [0.25, 0.3) is 10.9 Å². The van der Waals surface area contributed by atoms with E-state index in [4.69, 9.17) is 27.7 Å². The fraction of sp³-hybridized carbons (Fsp3) is 0.125. The molecule has 2 N–H and O–H groups in total. The van der Waals surface area contributed by atoms with Crippen molar-refractivity contribution in [1.82, 2.24) is 10.3 Å². The number of nitriles is 1. The van der Waals surface area contributed by atoms with Gasteiger partial charge in [-0.05, 0) is 42.5 Å². The largest absolute Gasteiger partial charge is 0.350 e. The van der Waals surface area contributed by atoms with E-state index in [-0.39, 0.29) is 33.4 Å². The molecule has 7 nitrogen and oxygen atoms in total. The second kappa shape index (κ2) is 9.61. The van der Waals surface area contributed by atoms with Gasteiger partial charge in [-0.1, -0.05) is 23.2 Å². The molecule has 0 radical (unpaired) electrons. The number of nitrogens with one attached hydrogen (secondary N) is 2. The highest BCUT2D eigenvalue weighted by atomic mass is 35.5. The van der Waals surface area contributed by atoms with Crippen LogP contribution in [-0.2, 0) is 22.7 Å². The molecular weight excluding hydrogens is 494 g/mol. The normalized spacial score (nSPS) is 12.8. The standard InChI is InChI=1S/C24H19Cl2N4O3P/c1-30-7-3-4-15(14-30)13-28-24(31)22-23(20-11-17(25)5-6-21(20)29-22)34(32,33-2)19-9-16(12-27)8-18(26)10-19/h3-11,14H,13H2,1-2H3,(H-,28,29,31,32)/p+1. The van der Waals surface area contributed by atoms with Gasteiger partial charge in [0.05, 0.1) is 16.9 Å². The first-order chi connectivity index (χ1) is 16.2. The molecule has 0 spiro atoms. The molecule has 0 aliphatic carbocycles. The summed E-state index contributed by atoms with van der Waals surface area (Å²) in [7, 11) is -0.691.